The Morgan fingerprint density at radius 1 is 0.917 bits per heavy atom. The molecule has 5 aromatic rings. The number of H-pyrrole nitrogens is 2. The van der Waals surface area contributed by atoms with Crippen molar-refractivity contribution in [2.24, 2.45) is 0 Å². The fraction of sp³-hybridized carbons (Fsp3) is 0.200. The number of benzene rings is 3. The number of para-hydroxylation sites is 1. The summed E-state index contributed by atoms with van der Waals surface area (Å²) in [7, 11) is 0. The van der Waals surface area contributed by atoms with Crippen molar-refractivity contribution < 1.29 is 9.90 Å². The normalized spacial score (nSPS) is 12.5. The number of imidazole rings is 1. The van der Waals surface area contributed by atoms with Crippen LogP contribution in [0.4, 0.5) is 4.79 Å². The molecule has 0 bridgehead atoms. The molecule has 6 heteroatoms. The van der Waals surface area contributed by atoms with E-state index in [1.165, 1.54) is 4.90 Å². The van der Waals surface area contributed by atoms with Gasteiger partial charge >= 0.3 is 6.09 Å². The van der Waals surface area contributed by atoms with E-state index in [-0.39, 0.29) is 0 Å². The van der Waals surface area contributed by atoms with Gasteiger partial charge in [-0.3, -0.25) is 4.90 Å². The quantitative estimate of drug-likeness (QED) is 0.240. The lowest BCUT2D eigenvalue weighted by atomic mass is 9.97. The lowest BCUT2D eigenvalue weighted by Crippen LogP contribution is -2.48. The molecule has 0 unspecified atom stereocenters. The molecule has 3 aromatic carbocycles. The highest BCUT2D eigenvalue weighted by Crippen LogP contribution is 2.37. The van der Waals surface area contributed by atoms with E-state index in [4.69, 9.17) is 4.98 Å². The number of nitrogens with one attached hydrogen (secondary N) is 2. The lowest BCUT2D eigenvalue weighted by molar-refractivity contribution is 0.0672. The highest BCUT2D eigenvalue weighted by Gasteiger charge is 2.37. The van der Waals surface area contributed by atoms with E-state index in [9.17, 15) is 9.90 Å². The first-order chi connectivity index (χ1) is 17.3. The Kier molecular flexibility index (Phi) is 6.10. The van der Waals surface area contributed by atoms with Crippen LogP contribution in [0.3, 0.4) is 0 Å². The van der Waals surface area contributed by atoms with E-state index in [0.29, 0.717) is 12.2 Å². The van der Waals surface area contributed by atoms with Crippen molar-refractivity contribution in [2.45, 2.75) is 38.8 Å². The Morgan fingerprint density at radius 2 is 1.53 bits per heavy atom. The van der Waals surface area contributed by atoms with Crippen molar-refractivity contribution >= 4 is 17.0 Å². The fourth-order valence-electron chi connectivity index (χ4n) is 4.87. The maximum absolute atomic E-state index is 12.7. The molecule has 2 aromatic heterocycles. The molecule has 1 amide bonds. The summed E-state index contributed by atoms with van der Waals surface area (Å²) in [6.45, 7) is 5.76. The average Bonchev–Trinajstić information content (AvgIpc) is 3.49. The van der Waals surface area contributed by atoms with Crippen LogP contribution in [0, 0.1) is 0 Å². The molecule has 0 fully saturated rings. The summed E-state index contributed by atoms with van der Waals surface area (Å²) in [6, 6.07) is 27.6. The molecule has 0 saturated carbocycles. The van der Waals surface area contributed by atoms with Crippen LogP contribution in [0.2, 0.25) is 0 Å². The van der Waals surface area contributed by atoms with Crippen molar-refractivity contribution in [2.75, 3.05) is 0 Å². The highest BCUT2D eigenvalue weighted by molar-refractivity contribution is 5.83. The van der Waals surface area contributed by atoms with Gasteiger partial charge in [0.2, 0.25) is 0 Å². The molecule has 6 nitrogen and oxygen atoms in total. The molecular weight excluding hydrogens is 448 g/mol. The number of fused-ring (bicyclic) bond motifs is 1. The minimum absolute atomic E-state index is 0.476. The van der Waals surface area contributed by atoms with Gasteiger partial charge in [0.25, 0.3) is 0 Å². The van der Waals surface area contributed by atoms with Gasteiger partial charge in [0, 0.05) is 40.2 Å². The van der Waals surface area contributed by atoms with Crippen molar-refractivity contribution in [1.82, 2.24) is 19.9 Å². The largest absolute Gasteiger partial charge is 0.465 e. The second-order valence-corrected chi connectivity index (χ2v) is 9.98. The number of amides is 1. The zero-order valence-corrected chi connectivity index (χ0v) is 20.7. The molecular formula is C30H30N4O2. The Labute approximate surface area is 210 Å². The number of aromatic amines is 2. The van der Waals surface area contributed by atoms with Gasteiger partial charge in [0.1, 0.15) is 5.82 Å². The average molecular weight is 479 g/mol. The van der Waals surface area contributed by atoms with E-state index >= 15 is 0 Å². The summed E-state index contributed by atoms with van der Waals surface area (Å²) < 4.78 is 0. The monoisotopic (exact) mass is 478 g/mol. The number of rotatable bonds is 6. The zero-order chi connectivity index (χ0) is 25.3. The maximum Gasteiger partial charge on any atom is 0.408 e. The van der Waals surface area contributed by atoms with Gasteiger partial charge in [0.05, 0.1) is 17.4 Å². The van der Waals surface area contributed by atoms with E-state index in [1.54, 1.807) is 0 Å². The Morgan fingerprint density at radius 3 is 2.17 bits per heavy atom. The molecule has 0 aliphatic heterocycles. The van der Waals surface area contributed by atoms with Crippen molar-refractivity contribution in [3.8, 4) is 22.5 Å². The Hall–Kier alpha value is -4.32. The van der Waals surface area contributed by atoms with Gasteiger partial charge in [-0.15, -0.1) is 0 Å². The predicted octanol–water partition coefficient (Wildman–Crippen LogP) is 7.29. The number of carboxylic acid groups (broad SMARTS) is 1. The molecule has 36 heavy (non-hydrogen) atoms. The third-order valence-corrected chi connectivity index (χ3v) is 6.48. The minimum Gasteiger partial charge on any atom is -0.465 e. The number of aromatic nitrogens is 3. The molecule has 5 rings (SSSR count). The first-order valence-electron chi connectivity index (χ1n) is 12.1. The molecule has 2 heterocycles. The van der Waals surface area contributed by atoms with Crippen molar-refractivity contribution in [3.05, 3.63) is 103 Å². The molecule has 0 saturated heterocycles. The molecule has 1 atom stereocenters. The second-order valence-electron chi connectivity index (χ2n) is 9.98. The van der Waals surface area contributed by atoms with Crippen LogP contribution in [0.25, 0.3) is 33.4 Å². The van der Waals surface area contributed by atoms with Crippen LogP contribution < -0.4 is 0 Å². The van der Waals surface area contributed by atoms with Gasteiger partial charge in [-0.1, -0.05) is 78.9 Å². The maximum atomic E-state index is 12.7. The van der Waals surface area contributed by atoms with Crippen LogP contribution in [-0.4, -0.2) is 36.6 Å². The van der Waals surface area contributed by atoms with Crippen LogP contribution in [0.5, 0.6) is 0 Å². The van der Waals surface area contributed by atoms with E-state index in [1.807, 2.05) is 106 Å². The summed E-state index contributed by atoms with van der Waals surface area (Å²) in [5.74, 6) is 0.621. The number of hydrogen-bond donors (Lipinski definition) is 3. The first kappa shape index (κ1) is 23.4. The summed E-state index contributed by atoms with van der Waals surface area (Å²) in [6.07, 6.45) is 1.47. The van der Waals surface area contributed by atoms with E-state index in [2.05, 4.69) is 16.0 Å². The molecule has 3 N–H and O–H groups in total. The van der Waals surface area contributed by atoms with Crippen LogP contribution in [0.1, 0.15) is 38.2 Å². The minimum atomic E-state index is -0.980. The predicted molar refractivity (Wildman–Crippen MR) is 144 cm³/mol. The summed E-state index contributed by atoms with van der Waals surface area (Å²) >= 11 is 0. The summed E-state index contributed by atoms with van der Waals surface area (Å²) in [4.78, 5) is 26.1. The van der Waals surface area contributed by atoms with Gasteiger partial charge in [0.15, 0.2) is 0 Å². The number of nitrogens with zero attached hydrogens (tertiary/aromatic N) is 2. The van der Waals surface area contributed by atoms with Crippen molar-refractivity contribution in [3.63, 3.8) is 0 Å². The van der Waals surface area contributed by atoms with E-state index < -0.39 is 17.7 Å². The number of carbonyl (C=O) groups is 1. The third-order valence-electron chi connectivity index (χ3n) is 6.48. The summed E-state index contributed by atoms with van der Waals surface area (Å²) in [5, 5.41) is 11.5. The third kappa shape index (κ3) is 4.50. The topological polar surface area (TPSA) is 85.0 Å². The lowest BCUT2D eigenvalue weighted by Gasteiger charge is -2.38. The molecule has 0 aliphatic carbocycles. The van der Waals surface area contributed by atoms with Gasteiger partial charge in [-0.05, 0) is 32.4 Å². The molecule has 0 aliphatic rings. The summed E-state index contributed by atoms with van der Waals surface area (Å²) in [5.41, 5.74) is 5.08. The molecule has 0 radical (unpaired) electrons. The van der Waals surface area contributed by atoms with Gasteiger partial charge < -0.3 is 15.1 Å². The SMILES string of the molecule is CC(C)(C)N(C(=O)O)[C@@H](Cc1c[nH]c2ccccc12)c1nc(-c2ccccc2)c(-c2ccccc2)[nH]1. The van der Waals surface area contributed by atoms with Crippen LogP contribution >= 0.6 is 0 Å². The molecule has 0 spiro atoms. The number of hydrogen-bond acceptors (Lipinski definition) is 2. The van der Waals surface area contributed by atoms with Crippen molar-refractivity contribution in [1.29, 1.82) is 0 Å². The zero-order valence-electron chi connectivity index (χ0n) is 20.7. The first-order valence-corrected chi connectivity index (χ1v) is 12.1. The van der Waals surface area contributed by atoms with Crippen LogP contribution in [0.15, 0.2) is 91.1 Å². The van der Waals surface area contributed by atoms with Gasteiger partial charge in [-0.25, -0.2) is 9.78 Å². The van der Waals surface area contributed by atoms with Crippen LogP contribution in [-0.2, 0) is 6.42 Å². The van der Waals surface area contributed by atoms with Gasteiger partial charge in [-0.2, -0.15) is 0 Å². The fourth-order valence-corrected chi connectivity index (χ4v) is 4.87. The smallest absolute Gasteiger partial charge is 0.408 e. The second kappa shape index (κ2) is 9.38. The molecule has 182 valence electrons. The highest BCUT2D eigenvalue weighted by atomic mass is 16.4. The Balaban J connectivity index is 1.69. The van der Waals surface area contributed by atoms with E-state index in [0.717, 1.165) is 39.0 Å². The Bertz CT molecular complexity index is 1420. The standard InChI is InChI=1S/C30H30N4O2/c1-30(2,3)34(29(35)36)25(18-22-19-31-24-17-11-10-16-23(22)24)28-32-26(20-12-6-4-7-13-20)27(33-28)21-14-8-5-9-15-21/h4-17,19,25,31H,18H2,1-3H3,(H,32,33)(H,35,36)/t25-/m0/s1.